The molecule has 0 aromatic rings. The second kappa shape index (κ2) is 4.58. The molecule has 0 aromatic carbocycles. The zero-order valence-electron chi connectivity index (χ0n) is 6.78. The highest BCUT2D eigenvalue weighted by Gasteiger charge is 2.17. The van der Waals surface area contributed by atoms with E-state index in [0.717, 1.165) is 9.84 Å². The number of hydrogen-bond acceptors (Lipinski definition) is 0. The van der Waals surface area contributed by atoms with Gasteiger partial charge in [0.2, 0.25) is 0 Å². The maximum Gasteiger partial charge on any atom is 0.0110 e. The summed E-state index contributed by atoms with van der Waals surface area (Å²) in [6.45, 7) is 2.30. The van der Waals surface area contributed by atoms with Crippen molar-refractivity contribution in [3.05, 3.63) is 0 Å². The molecule has 0 radical (unpaired) electrons. The number of alkyl halides is 1. The second-order valence-corrected chi connectivity index (χ2v) is 5.15. The quantitative estimate of drug-likeness (QED) is 0.529. The minimum absolute atomic E-state index is 0.945. The topological polar surface area (TPSA) is 0 Å². The van der Waals surface area contributed by atoms with Crippen LogP contribution in [-0.4, -0.2) is 3.92 Å². The Morgan fingerprint density at radius 1 is 1.40 bits per heavy atom. The first-order chi connectivity index (χ1) is 4.83. The van der Waals surface area contributed by atoms with Gasteiger partial charge in [-0.3, -0.25) is 0 Å². The maximum atomic E-state index is 2.60. The summed E-state index contributed by atoms with van der Waals surface area (Å²) in [5, 5.41) is 0. The van der Waals surface area contributed by atoms with Crippen molar-refractivity contribution >= 4 is 22.6 Å². The Morgan fingerprint density at radius 3 is 2.50 bits per heavy atom. The standard InChI is InChI=1S/C9H17I/c1-2-9(10)7-8-5-3-4-6-8/h8-9H,2-7H2,1H3. The van der Waals surface area contributed by atoms with E-state index in [1.807, 2.05) is 0 Å². The van der Waals surface area contributed by atoms with Gasteiger partial charge in [-0.2, -0.15) is 0 Å². The zero-order valence-corrected chi connectivity index (χ0v) is 8.93. The summed E-state index contributed by atoms with van der Waals surface area (Å²) >= 11 is 2.60. The molecule has 0 saturated heterocycles. The van der Waals surface area contributed by atoms with Crippen molar-refractivity contribution in [3.8, 4) is 0 Å². The lowest BCUT2D eigenvalue weighted by atomic mass is 10.0. The largest absolute Gasteiger partial charge is 0.0826 e. The van der Waals surface area contributed by atoms with Crippen LogP contribution in [0.3, 0.4) is 0 Å². The van der Waals surface area contributed by atoms with E-state index in [0.29, 0.717) is 0 Å². The van der Waals surface area contributed by atoms with E-state index in [4.69, 9.17) is 0 Å². The average molecular weight is 252 g/mol. The zero-order chi connectivity index (χ0) is 7.40. The van der Waals surface area contributed by atoms with Crippen LogP contribution in [0.15, 0.2) is 0 Å². The third-order valence-corrected chi connectivity index (χ3v) is 3.90. The Kier molecular flexibility index (Phi) is 4.04. The van der Waals surface area contributed by atoms with Crippen LogP contribution in [0.25, 0.3) is 0 Å². The van der Waals surface area contributed by atoms with Crippen LogP contribution in [0.4, 0.5) is 0 Å². The molecule has 0 spiro atoms. The van der Waals surface area contributed by atoms with Crippen LogP contribution < -0.4 is 0 Å². The van der Waals surface area contributed by atoms with Gasteiger partial charge in [-0.1, -0.05) is 55.2 Å². The lowest BCUT2D eigenvalue weighted by Gasteiger charge is -2.11. The van der Waals surface area contributed by atoms with Gasteiger partial charge in [0.1, 0.15) is 0 Å². The fraction of sp³-hybridized carbons (Fsp3) is 1.00. The van der Waals surface area contributed by atoms with Gasteiger partial charge in [-0.05, 0) is 18.8 Å². The summed E-state index contributed by atoms with van der Waals surface area (Å²) in [7, 11) is 0. The van der Waals surface area contributed by atoms with Crippen molar-refractivity contribution in [1.29, 1.82) is 0 Å². The smallest absolute Gasteiger partial charge is 0.0110 e. The molecule has 1 unspecified atom stereocenters. The van der Waals surface area contributed by atoms with E-state index in [-0.39, 0.29) is 0 Å². The molecular formula is C9H17I. The second-order valence-electron chi connectivity index (χ2n) is 3.39. The van der Waals surface area contributed by atoms with Gasteiger partial charge >= 0.3 is 0 Å². The van der Waals surface area contributed by atoms with Gasteiger partial charge in [0.15, 0.2) is 0 Å². The first-order valence-corrected chi connectivity index (χ1v) is 5.71. The highest BCUT2D eigenvalue weighted by atomic mass is 127. The molecule has 1 rings (SSSR count). The fourth-order valence-corrected chi connectivity index (χ4v) is 2.49. The molecule has 10 heavy (non-hydrogen) atoms. The van der Waals surface area contributed by atoms with Crippen LogP contribution in [-0.2, 0) is 0 Å². The van der Waals surface area contributed by atoms with Gasteiger partial charge in [-0.25, -0.2) is 0 Å². The third-order valence-electron chi connectivity index (χ3n) is 2.51. The van der Waals surface area contributed by atoms with Gasteiger partial charge < -0.3 is 0 Å². The molecular weight excluding hydrogens is 235 g/mol. The molecule has 0 amide bonds. The Balaban J connectivity index is 2.11. The third kappa shape index (κ3) is 2.77. The Morgan fingerprint density at radius 2 is 2.00 bits per heavy atom. The van der Waals surface area contributed by atoms with E-state index in [9.17, 15) is 0 Å². The van der Waals surface area contributed by atoms with Crippen LogP contribution in [0.2, 0.25) is 0 Å². The van der Waals surface area contributed by atoms with Gasteiger partial charge in [0, 0.05) is 3.92 Å². The van der Waals surface area contributed by atoms with Crippen LogP contribution in [0.5, 0.6) is 0 Å². The number of halogens is 1. The molecule has 1 atom stereocenters. The van der Waals surface area contributed by atoms with Gasteiger partial charge in [0.25, 0.3) is 0 Å². The van der Waals surface area contributed by atoms with Gasteiger partial charge in [-0.15, -0.1) is 0 Å². The molecule has 1 aliphatic rings. The summed E-state index contributed by atoms with van der Waals surface area (Å²) in [6.07, 6.45) is 8.86. The minimum Gasteiger partial charge on any atom is -0.0826 e. The molecule has 0 aromatic heterocycles. The van der Waals surface area contributed by atoms with E-state index < -0.39 is 0 Å². The van der Waals surface area contributed by atoms with Crippen molar-refractivity contribution in [1.82, 2.24) is 0 Å². The first kappa shape index (κ1) is 8.82. The lowest BCUT2D eigenvalue weighted by Crippen LogP contribution is -2.03. The van der Waals surface area contributed by atoms with E-state index in [2.05, 4.69) is 29.5 Å². The highest BCUT2D eigenvalue weighted by molar-refractivity contribution is 14.1. The van der Waals surface area contributed by atoms with Gasteiger partial charge in [0.05, 0.1) is 0 Å². The van der Waals surface area contributed by atoms with E-state index >= 15 is 0 Å². The number of hydrogen-bond donors (Lipinski definition) is 0. The molecule has 1 aliphatic carbocycles. The molecule has 60 valence electrons. The van der Waals surface area contributed by atoms with E-state index in [1.54, 1.807) is 0 Å². The van der Waals surface area contributed by atoms with Crippen LogP contribution in [0.1, 0.15) is 45.4 Å². The van der Waals surface area contributed by atoms with Crippen LogP contribution >= 0.6 is 22.6 Å². The van der Waals surface area contributed by atoms with Crippen molar-refractivity contribution in [3.63, 3.8) is 0 Å². The normalized spacial score (nSPS) is 23.4. The predicted octanol–water partition coefficient (Wildman–Crippen LogP) is 3.78. The summed E-state index contributed by atoms with van der Waals surface area (Å²) in [4.78, 5) is 0. The van der Waals surface area contributed by atoms with Crippen molar-refractivity contribution in [2.75, 3.05) is 0 Å². The average Bonchev–Trinajstić information content (AvgIpc) is 2.40. The van der Waals surface area contributed by atoms with Crippen molar-refractivity contribution in [2.24, 2.45) is 5.92 Å². The summed E-state index contributed by atoms with van der Waals surface area (Å²) in [5.74, 6) is 1.09. The minimum atomic E-state index is 0.945. The molecule has 0 nitrogen and oxygen atoms in total. The monoisotopic (exact) mass is 252 g/mol. The Bertz CT molecular complexity index is 84.7. The maximum absolute atomic E-state index is 2.60. The molecule has 1 fully saturated rings. The molecule has 1 saturated carbocycles. The lowest BCUT2D eigenvalue weighted by molar-refractivity contribution is 0.496. The SMILES string of the molecule is CCC(I)CC1CCCC1. The molecule has 0 aliphatic heterocycles. The number of rotatable bonds is 3. The van der Waals surface area contributed by atoms with E-state index in [1.165, 1.54) is 38.5 Å². The molecule has 0 heterocycles. The Hall–Kier alpha value is 0.730. The predicted molar refractivity (Wildman–Crippen MR) is 54.7 cm³/mol. The summed E-state index contributed by atoms with van der Waals surface area (Å²) < 4.78 is 0.945. The summed E-state index contributed by atoms with van der Waals surface area (Å²) in [5.41, 5.74) is 0. The molecule has 0 bridgehead atoms. The highest BCUT2D eigenvalue weighted by Crippen LogP contribution is 2.31. The first-order valence-electron chi connectivity index (χ1n) is 4.47. The molecule has 0 N–H and O–H groups in total. The van der Waals surface area contributed by atoms with Crippen LogP contribution in [0, 0.1) is 5.92 Å². The molecule has 1 heteroatoms. The van der Waals surface area contributed by atoms with Crippen molar-refractivity contribution in [2.45, 2.75) is 49.4 Å². The fourth-order valence-electron chi connectivity index (χ4n) is 1.77. The Labute approximate surface area is 77.9 Å². The van der Waals surface area contributed by atoms with Crippen molar-refractivity contribution < 1.29 is 0 Å². The summed E-state index contributed by atoms with van der Waals surface area (Å²) in [6, 6.07) is 0.